The summed E-state index contributed by atoms with van der Waals surface area (Å²) in [5, 5.41) is 5.01. The largest absolute Gasteiger partial charge is 0.449 e. The number of nitrogens with zero attached hydrogens (tertiary/aromatic N) is 1. The minimum absolute atomic E-state index is 0.117. The van der Waals surface area contributed by atoms with Gasteiger partial charge in [-0.25, -0.2) is 22.7 Å². The number of carbonyl (C=O) groups is 2. The van der Waals surface area contributed by atoms with E-state index in [4.69, 9.17) is 9.88 Å². The predicted molar refractivity (Wildman–Crippen MR) is 99.7 cm³/mol. The zero-order valence-corrected chi connectivity index (χ0v) is 16.1. The number of rotatable bonds is 4. The van der Waals surface area contributed by atoms with Crippen LogP contribution in [-0.4, -0.2) is 32.4 Å². The van der Waals surface area contributed by atoms with Crippen LogP contribution in [0.25, 0.3) is 0 Å². The van der Waals surface area contributed by atoms with E-state index in [2.05, 4.69) is 0 Å². The van der Waals surface area contributed by atoms with Crippen LogP contribution in [0, 0.1) is 5.82 Å². The fraction of sp³-hybridized carbons (Fsp3) is 0.263. The number of sulfonamides is 1. The third-order valence-corrected chi connectivity index (χ3v) is 5.47. The Morgan fingerprint density at radius 1 is 1.25 bits per heavy atom. The van der Waals surface area contributed by atoms with Crippen molar-refractivity contribution in [3.8, 4) is 0 Å². The lowest BCUT2D eigenvalue weighted by atomic mass is 10.1. The maximum atomic E-state index is 14.0. The van der Waals surface area contributed by atoms with Crippen molar-refractivity contribution < 1.29 is 27.1 Å². The van der Waals surface area contributed by atoms with Gasteiger partial charge in [-0.2, -0.15) is 0 Å². The molecule has 7 nitrogen and oxygen atoms in total. The Kier molecular flexibility index (Phi) is 5.22. The van der Waals surface area contributed by atoms with E-state index in [1.807, 2.05) is 25.1 Å². The predicted octanol–water partition coefficient (Wildman–Crippen LogP) is 2.00. The maximum Gasteiger partial charge on any atom is 0.341 e. The average molecular weight is 406 g/mol. The van der Waals surface area contributed by atoms with Crippen molar-refractivity contribution >= 4 is 27.6 Å². The molecule has 0 saturated carbocycles. The Labute approximate surface area is 161 Å². The Morgan fingerprint density at radius 3 is 2.61 bits per heavy atom. The second kappa shape index (κ2) is 7.33. The number of anilines is 1. The molecule has 148 valence electrons. The van der Waals surface area contributed by atoms with Gasteiger partial charge in [0.2, 0.25) is 10.0 Å². The summed E-state index contributed by atoms with van der Waals surface area (Å²) in [6.45, 7) is 3.26. The normalized spacial score (nSPS) is 17.1. The molecule has 0 radical (unpaired) electrons. The van der Waals surface area contributed by atoms with E-state index in [1.54, 1.807) is 11.0 Å². The third-order valence-electron chi connectivity index (χ3n) is 4.56. The summed E-state index contributed by atoms with van der Waals surface area (Å²) in [6, 6.07) is 9.84. The summed E-state index contributed by atoms with van der Waals surface area (Å²) < 4.78 is 41.9. The number of amides is 1. The second-order valence-corrected chi connectivity index (χ2v) is 8.19. The quantitative estimate of drug-likeness (QED) is 0.782. The monoisotopic (exact) mass is 406 g/mol. The number of halogens is 1. The Bertz CT molecular complexity index is 1050. The number of primary sulfonamides is 1. The molecule has 1 amide bonds. The van der Waals surface area contributed by atoms with Crippen molar-refractivity contribution in [1.29, 1.82) is 0 Å². The summed E-state index contributed by atoms with van der Waals surface area (Å²) in [7, 11) is -4.12. The first-order chi connectivity index (χ1) is 13.1. The van der Waals surface area contributed by atoms with Gasteiger partial charge in [0.05, 0.1) is 10.5 Å². The van der Waals surface area contributed by atoms with Crippen molar-refractivity contribution in [2.75, 3.05) is 4.90 Å². The Balaban J connectivity index is 1.81. The summed E-state index contributed by atoms with van der Waals surface area (Å²) in [4.78, 5) is 26.3. The van der Waals surface area contributed by atoms with Crippen LogP contribution in [0.5, 0.6) is 0 Å². The highest BCUT2D eigenvalue weighted by Crippen LogP contribution is 2.32. The summed E-state index contributed by atoms with van der Waals surface area (Å²) in [6.07, 6.45) is -0.521. The van der Waals surface area contributed by atoms with Crippen molar-refractivity contribution in [3.05, 3.63) is 59.4 Å². The van der Waals surface area contributed by atoms with Crippen LogP contribution < -0.4 is 10.0 Å². The zero-order valence-electron chi connectivity index (χ0n) is 15.3. The molecule has 0 aliphatic carbocycles. The van der Waals surface area contributed by atoms with Crippen LogP contribution in [0.3, 0.4) is 0 Å². The molecule has 1 aliphatic heterocycles. The van der Waals surface area contributed by atoms with Crippen LogP contribution >= 0.6 is 0 Å². The summed E-state index contributed by atoms with van der Waals surface area (Å²) >= 11 is 0. The van der Waals surface area contributed by atoms with Crippen molar-refractivity contribution in [3.63, 3.8) is 0 Å². The molecule has 9 heteroatoms. The fourth-order valence-corrected chi connectivity index (χ4v) is 3.75. The molecule has 3 rings (SSSR count). The first-order valence-corrected chi connectivity index (χ1v) is 10.1. The molecule has 0 fully saturated rings. The van der Waals surface area contributed by atoms with Gasteiger partial charge < -0.3 is 9.64 Å². The molecule has 1 heterocycles. The van der Waals surface area contributed by atoms with E-state index in [0.717, 1.165) is 29.4 Å². The number of carbonyl (C=O) groups excluding carboxylic acids is 2. The number of hydrogen-bond donors (Lipinski definition) is 1. The van der Waals surface area contributed by atoms with Crippen LogP contribution in [0.15, 0.2) is 47.4 Å². The van der Waals surface area contributed by atoms with Gasteiger partial charge in [-0.3, -0.25) is 4.79 Å². The topological polar surface area (TPSA) is 107 Å². The van der Waals surface area contributed by atoms with Gasteiger partial charge >= 0.3 is 5.97 Å². The number of nitrogens with two attached hydrogens (primary N) is 1. The van der Waals surface area contributed by atoms with E-state index in [1.165, 1.54) is 6.92 Å². The summed E-state index contributed by atoms with van der Waals surface area (Å²) in [5.41, 5.74) is 1.14. The molecule has 0 bridgehead atoms. The lowest BCUT2D eigenvalue weighted by molar-refractivity contribution is -0.126. The molecule has 0 spiro atoms. The molecule has 28 heavy (non-hydrogen) atoms. The van der Waals surface area contributed by atoms with Gasteiger partial charge in [0.25, 0.3) is 5.91 Å². The molecule has 0 saturated heterocycles. The standard InChI is InChI=1S/C19H19FN2O5S/c1-11-9-13-5-3-4-6-17(13)22(11)18(23)12(2)27-19(24)15-10-14(28(21,25)26)7-8-16(15)20/h3-8,10-12H,9H2,1-2H3,(H2,21,25,26)/t11-,12+/m1/s1. The number of benzene rings is 2. The van der Waals surface area contributed by atoms with Gasteiger partial charge in [-0.1, -0.05) is 18.2 Å². The molecule has 2 aromatic carbocycles. The van der Waals surface area contributed by atoms with Crippen molar-refractivity contribution in [2.45, 2.75) is 37.3 Å². The molecule has 0 aromatic heterocycles. The lowest BCUT2D eigenvalue weighted by Gasteiger charge is -2.26. The molecular formula is C19H19FN2O5S. The van der Waals surface area contributed by atoms with Gasteiger partial charge in [-0.15, -0.1) is 0 Å². The molecule has 2 N–H and O–H groups in total. The molecule has 2 atom stereocenters. The van der Waals surface area contributed by atoms with Gasteiger partial charge in [-0.05, 0) is 50.1 Å². The minimum Gasteiger partial charge on any atom is -0.449 e. The molecule has 2 aromatic rings. The van der Waals surface area contributed by atoms with Gasteiger partial charge in [0, 0.05) is 11.7 Å². The zero-order chi connectivity index (χ0) is 20.6. The maximum absolute atomic E-state index is 14.0. The molecule has 0 unspecified atom stereocenters. The van der Waals surface area contributed by atoms with E-state index in [0.29, 0.717) is 6.42 Å². The Morgan fingerprint density at radius 2 is 1.93 bits per heavy atom. The molecule has 1 aliphatic rings. The third kappa shape index (κ3) is 3.76. The highest BCUT2D eigenvalue weighted by Gasteiger charge is 2.35. The van der Waals surface area contributed by atoms with Crippen LogP contribution in [-0.2, 0) is 26.0 Å². The second-order valence-electron chi connectivity index (χ2n) is 6.62. The number of ether oxygens (including phenoxy) is 1. The van der Waals surface area contributed by atoms with Crippen molar-refractivity contribution in [2.24, 2.45) is 5.14 Å². The van der Waals surface area contributed by atoms with E-state index < -0.39 is 44.3 Å². The fourth-order valence-electron chi connectivity index (χ4n) is 3.21. The number of fused-ring (bicyclic) bond motifs is 1. The van der Waals surface area contributed by atoms with Crippen LogP contribution in [0.1, 0.15) is 29.8 Å². The smallest absolute Gasteiger partial charge is 0.341 e. The van der Waals surface area contributed by atoms with E-state index >= 15 is 0 Å². The number of para-hydroxylation sites is 1. The van der Waals surface area contributed by atoms with Gasteiger partial charge in [0.1, 0.15) is 5.82 Å². The first kappa shape index (κ1) is 20.0. The highest BCUT2D eigenvalue weighted by molar-refractivity contribution is 7.89. The SMILES string of the molecule is C[C@H](OC(=O)c1cc(S(N)(=O)=O)ccc1F)C(=O)N1c2ccccc2C[C@H]1C. The van der Waals surface area contributed by atoms with Gasteiger partial charge in [0.15, 0.2) is 6.10 Å². The summed E-state index contributed by atoms with van der Waals surface area (Å²) in [5.74, 6) is -2.57. The van der Waals surface area contributed by atoms with Crippen LogP contribution in [0.4, 0.5) is 10.1 Å². The molecular weight excluding hydrogens is 387 g/mol. The minimum atomic E-state index is -4.12. The van der Waals surface area contributed by atoms with E-state index in [-0.39, 0.29) is 6.04 Å². The van der Waals surface area contributed by atoms with Crippen molar-refractivity contribution in [1.82, 2.24) is 0 Å². The van der Waals surface area contributed by atoms with Crippen LogP contribution in [0.2, 0.25) is 0 Å². The first-order valence-electron chi connectivity index (χ1n) is 8.54. The Hall–Kier alpha value is -2.78. The highest BCUT2D eigenvalue weighted by atomic mass is 32.2. The number of hydrogen-bond acceptors (Lipinski definition) is 5. The van der Waals surface area contributed by atoms with E-state index in [9.17, 15) is 22.4 Å². The average Bonchev–Trinajstić information content (AvgIpc) is 2.95. The number of esters is 1. The lowest BCUT2D eigenvalue weighted by Crippen LogP contribution is -2.43.